The van der Waals surface area contributed by atoms with Crippen LogP contribution in [0.2, 0.25) is 5.02 Å². The third-order valence-corrected chi connectivity index (χ3v) is 6.37. The highest BCUT2D eigenvalue weighted by atomic mass is 35.5. The molecule has 3 aromatic rings. The van der Waals surface area contributed by atoms with Crippen molar-refractivity contribution < 1.29 is 4.39 Å². The van der Waals surface area contributed by atoms with Gasteiger partial charge in [0.25, 0.3) is 0 Å². The van der Waals surface area contributed by atoms with Crippen molar-refractivity contribution in [1.82, 2.24) is 19.4 Å². The molecular weight excluding hydrogens is 389 g/mol. The summed E-state index contributed by atoms with van der Waals surface area (Å²) in [5, 5.41) is 4.20. The van der Waals surface area contributed by atoms with Crippen LogP contribution >= 0.6 is 11.6 Å². The lowest BCUT2D eigenvalue weighted by Gasteiger charge is -2.45. The van der Waals surface area contributed by atoms with E-state index in [4.69, 9.17) is 11.6 Å². The van der Waals surface area contributed by atoms with Crippen LogP contribution in [-0.4, -0.2) is 32.5 Å². The predicted octanol–water partition coefficient (Wildman–Crippen LogP) is 4.54. The quantitative estimate of drug-likeness (QED) is 0.687. The zero-order valence-electron chi connectivity index (χ0n) is 16.3. The average molecular weight is 412 g/mol. The first kappa shape index (κ1) is 18.6. The van der Waals surface area contributed by atoms with Crippen LogP contribution in [0.15, 0.2) is 42.7 Å². The molecule has 0 unspecified atom stereocenters. The Bertz CT molecular complexity index is 1060. The van der Waals surface area contributed by atoms with Gasteiger partial charge in [-0.25, -0.2) is 14.4 Å². The van der Waals surface area contributed by atoms with E-state index in [2.05, 4.69) is 37.7 Å². The molecule has 0 saturated carbocycles. The van der Waals surface area contributed by atoms with Crippen molar-refractivity contribution in [3.05, 3.63) is 70.6 Å². The minimum absolute atomic E-state index is 0.175. The van der Waals surface area contributed by atoms with Gasteiger partial charge in [-0.05, 0) is 37.1 Å². The number of anilines is 1. The molecule has 1 saturated heterocycles. The summed E-state index contributed by atoms with van der Waals surface area (Å²) in [6.07, 6.45) is 6.52. The van der Waals surface area contributed by atoms with E-state index < -0.39 is 0 Å². The van der Waals surface area contributed by atoms with Gasteiger partial charge >= 0.3 is 0 Å². The molecule has 4 heterocycles. The van der Waals surface area contributed by atoms with Crippen molar-refractivity contribution in [3.8, 4) is 5.82 Å². The molecule has 2 aliphatic heterocycles. The van der Waals surface area contributed by atoms with Crippen molar-refractivity contribution in [3.63, 3.8) is 0 Å². The Morgan fingerprint density at radius 3 is 2.79 bits per heavy atom. The smallest absolute Gasteiger partial charge is 0.161 e. The Balaban J connectivity index is 1.41. The van der Waals surface area contributed by atoms with Gasteiger partial charge in [-0.1, -0.05) is 24.6 Å². The molecule has 0 bridgehead atoms. The molecule has 0 radical (unpaired) electrons. The highest BCUT2D eigenvalue weighted by Gasteiger charge is 2.43. The largest absolute Gasteiger partial charge is 0.371 e. The van der Waals surface area contributed by atoms with Crippen molar-refractivity contribution in [2.75, 3.05) is 18.4 Å². The Labute approximate surface area is 174 Å². The number of benzene rings is 1. The molecule has 0 aliphatic carbocycles. The number of aromatic nitrogens is 3. The first-order valence-electron chi connectivity index (χ1n) is 10.1. The molecule has 29 heavy (non-hydrogen) atoms. The summed E-state index contributed by atoms with van der Waals surface area (Å²) in [4.78, 5) is 11.6. The molecule has 0 atom stereocenters. The summed E-state index contributed by atoms with van der Waals surface area (Å²) in [6.45, 7) is 4.46. The van der Waals surface area contributed by atoms with E-state index in [-0.39, 0.29) is 11.4 Å². The topological polar surface area (TPSA) is 46.0 Å². The van der Waals surface area contributed by atoms with Crippen LogP contribution in [0.3, 0.4) is 0 Å². The van der Waals surface area contributed by atoms with Gasteiger partial charge in [-0.15, -0.1) is 0 Å². The van der Waals surface area contributed by atoms with E-state index in [1.54, 1.807) is 12.1 Å². The molecule has 5 nitrogen and oxygen atoms in total. The van der Waals surface area contributed by atoms with Crippen LogP contribution < -0.4 is 5.32 Å². The number of pyridine rings is 1. The number of fused-ring (bicyclic) bond motifs is 4. The second-order valence-corrected chi connectivity index (χ2v) is 8.28. The van der Waals surface area contributed by atoms with Crippen molar-refractivity contribution in [1.29, 1.82) is 0 Å². The predicted molar refractivity (Wildman–Crippen MR) is 112 cm³/mol. The summed E-state index contributed by atoms with van der Waals surface area (Å²) in [7, 11) is 0. The van der Waals surface area contributed by atoms with Crippen LogP contribution in [0.5, 0.6) is 0 Å². The molecule has 5 rings (SSSR count). The maximum absolute atomic E-state index is 14.2. The number of imidazole rings is 1. The van der Waals surface area contributed by atoms with Crippen LogP contribution in [0, 0.1) is 5.82 Å². The first-order valence-corrected chi connectivity index (χ1v) is 10.4. The van der Waals surface area contributed by atoms with E-state index in [0.29, 0.717) is 17.1 Å². The zero-order valence-corrected chi connectivity index (χ0v) is 17.1. The lowest BCUT2D eigenvalue weighted by Crippen LogP contribution is -2.49. The third-order valence-electron chi connectivity index (χ3n) is 6.13. The van der Waals surface area contributed by atoms with Gasteiger partial charge in [0.05, 0.1) is 23.1 Å². The fraction of sp³-hybridized carbons (Fsp3) is 0.364. The lowest BCUT2D eigenvalue weighted by molar-refractivity contribution is 0.160. The minimum atomic E-state index is -0.237. The molecule has 2 aliphatic rings. The van der Waals surface area contributed by atoms with Crippen LogP contribution in [0.25, 0.3) is 5.82 Å². The Morgan fingerprint density at radius 1 is 1.21 bits per heavy atom. The summed E-state index contributed by atoms with van der Waals surface area (Å²) >= 11 is 5.88. The standard InChI is InChI=1S/C22H23ClFN5/c1-2-20-26-13-19-22(27-18-4-3-9-25-21(18)29(19)20)7-10-28(11-8-22)14-15-5-6-16(23)12-17(15)24/h3-6,9,12-13,27H,2,7-8,10-11,14H2,1H3. The lowest BCUT2D eigenvalue weighted by atomic mass is 9.82. The number of likely N-dealkylation sites (tertiary alicyclic amines) is 1. The van der Waals surface area contributed by atoms with Crippen LogP contribution in [-0.2, 0) is 18.5 Å². The molecule has 1 N–H and O–H groups in total. The van der Waals surface area contributed by atoms with E-state index in [1.807, 2.05) is 18.5 Å². The maximum Gasteiger partial charge on any atom is 0.161 e. The highest BCUT2D eigenvalue weighted by molar-refractivity contribution is 6.30. The maximum atomic E-state index is 14.2. The molecule has 0 amide bonds. The summed E-state index contributed by atoms with van der Waals surface area (Å²) in [6, 6.07) is 8.97. The number of halogens is 2. The molecule has 1 aromatic carbocycles. The zero-order chi connectivity index (χ0) is 20.0. The monoisotopic (exact) mass is 411 g/mol. The summed E-state index contributed by atoms with van der Waals surface area (Å²) < 4.78 is 16.4. The number of nitrogens with one attached hydrogen (secondary N) is 1. The second-order valence-electron chi connectivity index (χ2n) is 7.84. The number of rotatable bonds is 3. The minimum Gasteiger partial charge on any atom is -0.371 e. The molecule has 2 aromatic heterocycles. The van der Waals surface area contributed by atoms with Crippen LogP contribution in [0.1, 0.15) is 36.8 Å². The normalized spacial score (nSPS) is 17.6. The van der Waals surface area contributed by atoms with Crippen molar-refractivity contribution in [2.24, 2.45) is 0 Å². The number of aryl methyl sites for hydroxylation is 1. The second kappa shape index (κ2) is 7.11. The molecular formula is C22H23ClFN5. The van der Waals surface area contributed by atoms with Gasteiger partial charge in [0.15, 0.2) is 5.82 Å². The number of nitrogens with zero attached hydrogens (tertiary/aromatic N) is 4. The van der Waals surface area contributed by atoms with Crippen molar-refractivity contribution >= 4 is 17.3 Å². The fourth-order valence-corrected chi connectivity index (χ4v) is 4.73. The number of hydrogen-bond donors (Lipinski definition) is 1. The Kier molecular flexibility index (Phi) is 4.56. The molecule has 1 spiro atoms. The molecule has 7 heteroatoms. The number of piperidine rings is 1. The van der Waals surface area contributed by atoms with Crippen molar-refractivity contribution in [2.45, 2.75) is 38.3 Å². The van der Waals surface area contributed by atoms with Crippen LogP contribution in [0.4, 0.5) is 10.1 Å². The van der Waals surface area contributed by atoms with Gasteiger partial charge in [0, 0.05) is 42.8 Å². The molecule has 150 valence electrons. The fourth-order valence-electron chi connectivity index (χ4n) is 4.57. The summed E-state index contributed by atoms with van der Waals surface area (Å²) in [5.41, 5.74) is 2.74. The van der Waals surface area contributed by atoms with Gasteiger partial charge < -0.3 is 5.32 Å². The SMILES string of the molecule is CCc1ncc2n1-c1ncccc1NC21CCN(Cc2ccc(Cl)cc2F)CC1. The highest BCUT2D eigenvalue weighted by Crippen LogP contribution is 2.43. The van der Waals surface area contributed by atoms with Gasteiger partial charge in [-0.3, -0.25) is 9.47 Å². The van der Waals surface area contributed by atoms with Gasteiger partial charge in [0.1, 0.15) is 11.6 Å². The molecule has 1 fully saturated rings. The van der Waals surface area contributed by atoms with E-state index in [1.165, 1.54) is 11.8 Å². The van der Waals surface area contributed by atoms with E-state index >= 15 is 0 Å². The third kappa shape index (κ3) is 3.11. The Hall–Kier alpha value is -2.44. The first-order chi connectivity index (χ1) is 14.1. The average Bonchev–Trinajstić information content (AvgIpc) is 3.17. The number of hydrogen-bond acceptors (Lipinski definition) is 4. The van der Waals surface area contributed by atoms with Gasteiger partial charge in [0.2, 0.25) is 0 Å². The van der Waals surface area contributed by atoms with Gasteiger partial charge in [-0.2, -0.15) is 0 Å². The van der Waals surface area contributed by atoms with E-state index in [0.717, 1.165) is 49.7 Å². The summed E-state index contributed by atoms with van der Waals surface area (Å²) in [5.74, 6) is 1.72. The Morgan fingerprint density at radius 2 is 2.03 bits per heavy atom. The van der Waals surface area contributed by atoms with E-state index in [9.17, 15) is 4.39 Å².